The molecule has 108 valence electrons. The molecule has 0 unspecified atom stereocenters. The summed E-state index contributed by atoms with van der Waals surface area (Å²) < 4.78 is 12.4. The van der Waals surface area contributed by atoms with Crippen LogP contribution in [0.2, 0.25) is 5.15 Å². The van der Waals surface area contributed by atoms with Gasteiger partial charge in [-0.05, 0) is 6.07 Å². The van der Waals surface area contributed by atoms with Gasteiger partial charge in [0.25, 0.3) is 0 Å². The van der Waals surface area contributed by atoms with E-state index < -0.39 is 0 Å². The molecule has 0 fully saturated rings. The molecule has 0 bridgehead atoms. The van der Waals surface area contributed by atoms with Crippen molar-refractivity contribution in [3.63, 3.8) is 0 Å². The highest BCUT2D eigenvalue weighted by Gasteiger charge is 2.08. The zero-order chi connectivity index (χ0) is 14.7. The molecule has 0 atom stereocenters. The second kappa shape index (κ2) is 6.07. The molecular weight excluding hydrogens is 292 g/mol. The Hall–Kier alpha value is -2.18. The van der Waals surface area contributed by atoms with Crippen LogP contribution in [0.4, 0.5) is 0 Å². The minimum atomic E-state index is 0.398. The molecule has 0 aliphatic carbocycles. The van der Waals surface area contributed by atoms with E-state index in [1.807, 2.05) is 22.7 Å². The first-order valence-electron chi connectivity index (χ1n) is 6.34. The summed E-state index contributed by atoms with van der Waals surface area (Å²) in [5.74, 6) is 0.748. The van der Waals surface area contributed by atoms with Crippen LogP contribution >= 0.6 is 11.6 Å². The van der Waals surface area contributed by atoms with Crippen LogP contribution in [0, 0.1) is 0 Å². The largest absolute Gasteiger partial charge is 0.491 e. The lowest BCUT2D eigenvalue weighted by Gasteiger charge is -2.06. The number of aromatic nitrogens is 4. The standard InChI is InChI=1S/C14H13ClN4O2/c1-20-4-5-21-10-2-3-19-12(8-16-14(19)6-10)11-7-13(15)18-9-17-11/h2-3,6-9H,4-5H2,1H3. The van der Waals surface area contributed by atoms with Gasteiger partial charge in [-0.1, -0.05) is 11.6 Å². The molecule has 0 amide bonds. The van der Waals surface area contributed by atoms with Crippen LogP contribution in [0.1, 0.15) is 0 Å². The van der Waals surface area contributed by atoms with E-state index in [-0.39, 0.29) is 0 Å². The minimum absolute atomic E-state index is 0.398. The SMILES string of the molecule is COCCOc1ccn2c(-c3cc(Cl)ncn3)cnc2c1. The Kier molecular flexibility index (Phi) is 3.98. The van der Waals surface area contributed by atoms with Crippen LogP contribution < -0.4 is 4.74 Å². The van der Waals surface area contributed by atoms with Crippen molar-refractivity contribution < 1.29 is 9.47 Å². The first kappa shape index (κ1) is 13.8. The van der Waals surface area contributed by atoms with E-state index in [0.717, 1.165) is 22.8 Å². The van der Waals surface area contributed by atoms with E-state index >= 15 is 0 Å². The van der Waals surface area contributed by atoms with Crippen LogP contribution in [-0.4, -0.2) is 39.7 Å². The van der Waals surface area contributed by atoms with Crippen molar-refractivity contribution in [1.29, 1.82) is 0 Å². The van der Waals surface area contributed by atoms with E-state index in [4.69, 9.17) is 21.1 Å². The number of imidazole rings is 1. The smallest absolute Gasteiger partial charge is 0.140 e. The Morgan fingerprint density at radius 3 is 2.90 bits per heavy atom. The van der Waals surface area contributed by atoms with Crippen LogP contribution in [0.3, 0.4) is 0 Å². The van der Waals surface area contributed by atoms with Crippen LogP contribution in [0.5, 0.6) is 5.75 Å². The van der Waals surface area contributed by atoms with Gasteiger partial charge in [-0.15, -0.1) is 0 Å². The fraction of sp³-hybridized carbons (Fsp3) is 0.214. The molecule has 0 spiro atoms. The van der Waals surface area contributed by atoms with Gasteiger partial charge in [-0.2, -0.15) is 0 Å². The fourth-order valence-electron chi connectivity index (χ4n) is 1.96. The highest BCUT2D eigenvalue weighted by molar-refractivity contribution is 6.29. The first-order chi connectivity index (χ1) is 10.3. The monoisotopic (exact) mass is 304 g/mol. The van der Waals surface area contributed by atoms with Crippen LogP contribution in [0.25, 0.3) is 17.0 Å². The summed E-state index contributed by atoms with van der Waals surface area (Å²) in [4.78, 5) is 12.5. The van der Waals surface area contributed by atoms with Gasteiger partial charge in [0.05, 0.1) is 24.2 Å². The van der Waals surface area contributed by atoms with Gasteiger partial charge in [0.2, 0.25) is 0 Å². The highest BCUT2D eigenvalue weighted by Crippen LogP contribution is 2.22. The molecule has 3 aromatic rings. The number of methoxy groups -OCH3 is 1. The number of hydrogen-bond donors (Lipinski definition) is 0. The number of hydrogen-bond acceptors (Lipinski definition) is 5. The molecular formula is C14H13ClN4O2. The minimum Gasteiger partial charge on any atom is -0.491 e. The van der Waals surface area contributed by atoms with E-state index in [1.165, 1.54) is 6.33 Å². The number of ether oxygens (including phenoxy) is 2. The van der Waals surface area contributed by atoms with Crippen molar-refractivity contribution in [2.24, 2.45) is 0 Å². The van der Waals surface area contributed by atoms with Crippen molar-refractivity contribution in [2.75, 3.05) is 20.3 Å². The lowest BCUT2D eigenvalue weighted by molar-refractivity contribution is 0.146. The average Bonchev–Trinajstić information content (AvgIpc) is 2.91. The van der Waals surface area contributed by atoms with Gasteiger partial charge < -0.3 is 9.47 Å². The predicted octanol–water partition coefficient (Wildman–Crippen LogP) is 2.47. The molecule has 0 saturated carbocycles. The maximum Gasteiger partial charge on any atom is 0.140 e. The van der Waals surface area contributed by atoms with Crippen molar-refractivity contribution >= 4 is 17.2 Å². The Balaban J connectivity index is 1.92. The summed E-state index contributed by atoms with van der Waals surface area (Å²) in [5, 5.41) is 0.398. The topological polar surface area (TPSA) is 61.5 Å². The molecule has 6 nitrogen and oxygen atoms in total. The maximum absolute atomic E-state index is 5.90. The zero-order valence-corrected chi connectivity index (χ0v) is 12.1. The third-order valence-electron chi connectivity index (χ3n) is 2.94. The van der Waals surface area contributed by atoms with Crippen molar-refractivity contribution in [3.05, 3.63) is 42.1 Å². The summed E-state index contributed by atoms with van der Waals surface area (Å²) in [6, 6.07) is 5.44. The average molecular weight is 305 g/mol. The first-order valence-corrected chi connectivity index (χ1v) is 6.72. The zero-order valence-electron chi connectivity index (χ0n) is 11.4. The summed E-state index contributed by atoms with van der Waals surface area (Å²) in [7, 11) is 1.64. The van der Waals surface area contributed by atoms with Crippen molar-refractivity contribution in [2.45, 2.75) is 0 Å². The second-order valence-corrected chi connectivity index (χ2v) is 4.69. The normalized spacial score (nSPS) is 11.0. The van der Waals surface area contributed by atoms with E-state index in [1.54, 1.807) is 19.4 Å². The highest BCUT2D eigenvalue weighted by atomic mass is 35.5. The lowest BCUT2D eigenvalue weighted by Crippen LogP contribution is -2.04. The van der Waals surface area contributed by atoms with Gasteiger partial charge in [-0.3, -0.25) is 4.40 Å². The van der Waals surface area contributed by atoms with Crippen LogP contribution in [0.15, 0.2) is 36.9 Å². The van der Waals surface area contributed by atoms with Crippen molar-refractivity contribution in [1.82, 2.24) is 19.4 Å². The molecule has 0 aliphatic rings. The lowest BCUT2D eigenvalue weighted by atomic mass is 10.3. The molecule has 0 aliphatic heterocycles. The van der Waals surface area contributed by atoms with E-state index in [9.17, 15) is 0 Å². The van der Waals surface area contributed by atoms with E-state index in [0.29, 0.717) is 18.4 Å². The van der Waals surface area contributed by atoms with Crippen molar-refractivity contribution in [3.8, 4) is 17.1 Å². The maximum atomic E-state index is 5.90. The quantitative estimate of drug-likeness (QED) is 0.535. The molecule has 3 aromatic heterocycles. The molecule has 3 heterocycles. The molecule has 7 heteroatoms. The molecule has 0 saturated heterocycles. The van der Waals surface area contributed by atoms with Gasteiger partial charge in [0, 0.05) is 25.4 Å². The van der Waals surface area contributed by atoms with Gasteiger partial charge in [-0.25, -0.2) is 15.0 Å². The Morgan fingerprint density at radius 2 is 2.10 bits per heavy atom. The molecule has 0 aromatic carbocycles. The third kappa shape index (κ3) is 2.96. The fourth-order valence-corrected chi connectivity index (χ4v) is 2.10. The van der Waals surface area contributed by atoms with Gasteiger partial charge in [0.1, 0.15) is 29.5 Å². The summed E-state index contributed by atoms with van der Waals surface area (Å²) >= 11 is 5.90. The Morgan fingerprint density at radius 1 is 1.19 bits per heavy atom. The predicted molar refractivity (Wildman–Crippen MR) is 78.6 cm³/mol. The number of nitrogens with zero attached hydrogens (tertiary/aromatic N) is 4. The van der Waals surface area contributed by atoms with Crippen LogP contribution in [-0.2, 0) is 4.74 Å². The molecule has 3 rings (SSSR count). The Labute approximate surface area is 126 Å². The van der Waals surface area contributed by atoms with Gasteiger partial charge >= 0.3 is 0 Å². The summed E-state index contributed by atoms with van der Waals surface area (Å²) in [6.07, 6.45) is 5.06. The molecule has 0 N–H and O–H groups in total. The number of pyridine rings is 1. The summed E-state index contributed by atoms with van der Waals surface area (Å²) in [6.45, 7) is 1.05. The molecule has 21 heavy (non-hydrogen) atoms. The third-order valence-corrected chi connectivity index (χ3v) is 3.14. The Bertz CT molecular complexity index is 760. The number of fused-ring (bicyclic) bond motifs is 1. The number of halogens is 1. The number of rotatable bonds is 5. The second-order valence-electron chi connectivity index (χ2n) is 4.30. The van der Waals surface area contributed by atoms with E-state index in [2.05, 4.69) is 15.0 Å². The van der Waals surface area contributed by atoms with Gasteiger partial charge in [0.15, 0.2) is 0 Å². The summed E-state index contributed by atoms with van der Waals surface area (Å²) in [5.41, 5.74) is 2.34. The molecule has 0 radical (unpaired) electrons.